The molecule has 0 saturated heterocycles. The van der Waals surface area contributed by atoms with Gasteiger partial charge in [0.15, 0.2) is 5.78 Å². The minimum atomic E-state index is -0.0372. The van der Waals surface area contributed by atoms with Crippen LogP contribution in [0.2, 0.25) is 0 Å². The zero-order chi connectivity index (χ0) is 15.0. The maximum Gasteiger partial charge on any atom is 0.261 e. The first-order chi connectivity index (χ1) is 10.0. The summed E-state index contributed by atoms with van der Waals surface area (Å²) in [4.78, 5) is 25.0. The van der Waals surface area contributed by atoms with E-state index in [0.717, 1.165) is 25.7 Å². The van der Waals surface area contributed by atoms with Crippen molar-refractivity contribution in [2.45, 2.75) is 51.1 Å². The number of fused-ring (bicyclic) bond motifs is 2. The molecule has 1 aromatic rings. The van der Waals surface area contributed by atoms with Crippen LogP contribution in [-0.2, 0) is 0 Å². The van der Waals surface area contributed by atoms with E-state index in [0.29, 0.717) is 27.6 Å². The van der Waals surface area contributed by atoms with Crippen molar-refractivity contribution in [1.29, 1.82) is 0 Å². The first kappa shape index (κ1) is 14.7. The predicted octanol–water partition coefficient (Wildman–Crippen LogP) is 2.59. The molecule has 3 N–H and O–H groups in total. The van der Waals surface area contributed by atoms with Crippen molar-refractivity contribution in [3.05, 3.63) is 21.9 Å². The van der Waals surface area contributed by atoms with Gasteiger partial charge in [-0.2, -0.15) is 0 Å². The Kier molecular flexibility index (Phi) is 4.13. The van der Waals surface area contributed by atoms with Crippen LogP contribution in [0.5, 0.6) is 0 Å². The lowest BCUT2D eigenvalue weighted by Gasteiger charge is -2.45. The van der Waals surface area contributed by atoms with Crippen LogP contribution in [0.1, 0.15) is 58.4 Å². The van der Waals surface area contributed by atoms with Gasteiger partial charge in [0.25, 0.3) is 5.91 Å². The van der Waals surface area contributed by atoms with Gasteiger partial charge in [0, 0.05) is 12.1 Å². The molecular weight excluding hydrogens is 284 g/mol. The molecular formula is C16H22N2O2S. The summed E-state index contributed by atoms with van der Waals surface area (Å²) >= 11 is 1.28. The second-order valence-electron chi connectivity index (χ2n) is 6.40. The van der Waals surface area contributed by atoms with Crippen LogP contribution in [-0.4, -0.2) is 23.8 Å². The fourth-order valence-corrected chi connectivity index (χ4v) is 4.70. The third kappa shape index (κ3) is 3.04. The molecule has 2 aliphatic rings. The highest BCUT2D eigenvalue weighted by atomic mass is 32.1. The third-order valence-corrected chi connectivity index (χ3v) is 6.04. The molecule has 0 radical (unpaired) electrons. The molecule has 2 unspecified atom stereocenters. The van der Waals surface area contributed by atoms with Gasteiger partial charge in [-0.1, -0.05) is 6.42 Å². The minimum Gasteiger partial charge on any atom is -0.348 e. The highest BCUT2D eigenvalue weighted by Gasteiger charge is 2.40. The average Bonchev–Trinajstić information content (AvgIpc) is 2.89. The Morgan fingerprint density at radius 2 is 1.81 bits per heavy atom. The lowest BCUT2D eigenvalue weighted by atomic mass is 9.67. The first-order valence-corrected chi connectivity index (χ1v) is 8.53. The van der Waals surface area contributed by atoms with Crippen molar-refractivity contribution >= 4 is 23.0 Å². The monoisotopic (exact) mass is 306 g/mol. The van der Waals surface area contributed by atoms with E-state index in [-0.39, 0.29) is 17.7 Å². The smallest absolute Gasteiger partial charge is 0.261 e. The topological polar surface area (TPSA) is 72.2 Å². The van der Waals surface area contributed by atoms with E-state index in [1.807, 2.05) is 0 Å². The average molecular weight is 306 g/mol. The lowest BCUT2D eigenvalue weighted by molar-refractivity contribution is 0.0759. The van der Waals surface area contributed by atoms with E-state index < -0.39 is 0 Å². The van der Waals surface area contributed by atoms with Crippen LogP contribution < -0.4 is 11.1 Å². The summed E-state index contributed by atoms with van der Waals surface area (Å²) in [5.74, 6) is 1.01. The van der Waals surface area contributed by atoms with Crippen LogP contribution in [0, 0.1) is 11.8 Å². The molecule has 21 heavy (non-hydrogen) atoms. The van der Waals surface area contributed by atoms with Gasteiger partial charge in [-0.05, 0) is 56.6 Å². The SMILES string of the molecule is CC(=O)c1ccc(C(=O)NC2C3CCCC2CC(N)C3)s1. The van der Waals surface area contributed by atoms with Crippen molar-refractivity contribution in [3.8, 4) is 0 Å². The van der Waals surface area contributed by atoms with Crippen molar-refractivity contribution in [2.75, 3.05) is 0 Å². The Balaban J connectivity index is 1.70. The summed E-state index contributed by atoms with van der Waals surface area (Å²) in [7, 11) is 0. The number of hydrogen-bond acceptors (Lipinski definition) is 4. The van der Waals surface area contributed by atoms with Gasteiger partial charge in [-0.25, -0.2) is 0 Å². The molecule has 2 aliphatic carbocycles. The highest BCUT2D eigenvalue weighted by Crippen LogP contribution is 2.39. The van der Waals surface area contributed by atoms with E-state index in [2.05, 4.69) is 5.32 Å². The summed E-state index contributed by atoms with van der Waals surface area (Å²) < 4.78 is 0. The molecule has 1 heterocycles. The fraction of sp³-hybridized carbons (Fsp3) is 0.625. The first-order valence-electron chi connectivity index (χ1n) is 7.72. The van der Waals surface area contributed by atoms with Gasteiger partial charge in [0.2, 0.25) is 0 Å². The molecule has 2 bridgehead atoms. The Morgan fingerprint density at radius 1 is 1.19 bits per heavy atom. The van der Waals surface area contributed by atoms with Crippen molar-refractivity contribution in [3.63, 3.8) is 0 Å². The number of rotatable bonds is 3. The standard InChI is InChI=1S/C16H22N2O2S/c1-9(19)13-5-6-14(21-13)16(20)18-15-10-3-2-4-11(15)8-12(17)7-10/h5-6,10-12,15H,2-4,7-8,17H2,1H3,(H,18,20). The summed E-state index contributed by atoms with van der Waals surface area (Å²) in [6, 6.07) is 4.04. The van der Waals surface area contributed by atoms with Crippen LogP contribution in [0.15, 0.2) is 12.1 Å². The number of carbonyl (C=O) groups excluding carboxylic acids is 2. The Labute approximate surface area is 129 Å². The number of hydrogen-bond donors (Lipinski definition) is 2. The summed E-state index contributed by atoms with van der Waals surface area (Å²) in [5.41, 5.74) is 6.12. The number of amides is 1. The zero-order valence-electron chi connectivity index (χ0n) is 12.3. The number of nitrogens with one attached hydrogen (secondary N) is 1. The van der Waals surface area contributed by atoms with E-state index in [4.69, 9.17) is 5.73 Å². The maximum atomic E-state index is 12.4. The molecule has 2 atom stereocenters. The predicted molar refractivity (Wildman–Crippen MR) is 83.6 cm³/mol. The van der Waals surface area contributed by atoms with Gasteiger partial charge < -0.3 is 11.1 Å². The van der Waals surface area contributed by atoms with Gasteiger partial charge in [0.05, 0.1) is 9.75 Å². The largest absolute Gasteiger partial charge is 0.348 e. The molecule has 2 saturated carbocycles. The molecule has 0 spiro atoms. The number of ketones is 1. The quantitative estimate of drug-likeness (QED) is 0.843. The third-order valence-electron chi connectivity index (χ3n) is 4.85. The summed E-state index contributed by atoms with van der Waals surface area (Å²) in [6.07, 6.45) is 5.62. The lowest BCUT2D eigenvalue weighted by Crippen LogP contribution is -2.53. The molecule has 3 rings (SSSR count). The molecule has 0 aromatic carbocycles. The van der Waals surface area contributed by atoms with Gasteiger partial charge in [0.1, 0.15) is 0 Å². The maximum absolute atomic E-state index is 12.4. The highest BCUT2D eigenvalue weighted by molar-refractivity contribution is 7.15. The van der Waals surface area contributed by atoms with Crippen LogP contribution in [0.3, 0.4) is 0 Å². The fourth-order valence-electron chi connectivity index (χ4n) is 3.90. The van der Waals surface area contributed by atoms with E-state index >= 15 is 0 Å². The molecule has 1 aromatic heterocycles. The van der Waals surface area contributed by atoms with Crippen LogP contribution in [0.25, 0.3) is 0 Å². The summed E-state index contributed by atoms with van der Waals surface area (Å²) in [5, 5.41) is 3.21. The van der Waals surface area contributed by atoms with Crippen molar-refractivity contribution in [1.82, 2.24) is 5.32 Å². The Hall–Kier alpha value is -1.20. The van der Waals surface area contributed by atoms with E-state index in [1.54, 1.807) is 12.1 Å². The molecule has 1 amide bonds. The van der Waals surface area contributed by atoms with Gasteiger partial charge in [-0.15, -0.1) is 11.3 Å². The minimum absolute atomic E-state index is 0.0135. The molecule has 5 heteroatoms. The number of nitrogens with two attached hydrogens (primary N) is 1. The molecule has 2 fully saturated rings. The van der Waals surface area contributed by atoms with Crippen molar-refractivity contribution in [2.24, 2.45) is 17.6 Å². The van der Waals surface area contributed by atoms with Crippen LogP contribution >= 0.6 is 11.3 Å². The molecule has 0 aliphatic heterocycles. The van der Waals surface area contributed by atoms with Crippen LogP contribution in [0.4, 0.5) is 0 Å². The Bertz CT molecular complexity index is 540. The number of carbonyl (C=O) groups is 2. The molecule has 114 valence electrons. The second-order valence-corrected chi connectivity index (χ2v) is 7.49. The Morgan fingerprint density at radius 3 is 2.38 bits per heavy atom. The number of thiophene rings is 1. The second kappa shape index (κ2) is 5.89. The van der Waals surface area contributed by atoms with Crippen molar-refractivity contribution < 1.29 is 9.59 Å². The van der Waals surface area contributed by atoms with Gasteiger partial charge in [-0.3, -0.25) is 9.59 Å². The normalized spacial score (nSPS) is 31.7. The van der Waals surface area contributed by atoms with Gasteiger partial charge >= 0.3 is 0 Å². The summed E-state index contributed by atoms with van der Waals surface area (Å²) in [6.45, 7) is 1.53. The van der Waals surface area contributed by atoms with E-state index in [1.165, 1.54) is 24.7 Å². The molecule has 4 nitrogen and oxygen atoms in total. The number of Topliss-reactive ketones (excluding diaryl/α,β-unsaturated/α-hetero) is 1. The van der Waals surface area contributed by atoms with E-state index in [9.17, 15) is 9.59 Å². The zero-order valence-corrected chi connectivity index (χ0v) is 13.1.